The van der Waals surface area contributed by atoms with Crippen molar-refractivity contribution in [3.05, 3.63) is 67.7 Å². The summed E-state index contributed by atoms with van der Waals surface area (Å²) in [6.45, 7) is 0. The summed E-state index contributed by atoms with van der Waals surface area (Å²) in [5.74, 6) is -0.241. The van der Waals surface area contributed by atoms with Crippen LogP contribution in [0, 0.1) is 3.57 Å². The molecule has 0 unspecified atom stereocenters. The Morgan fingerprint density at radius 3 is 2.58 bits per heavy atom. The van der Waals surface area contributed by atoms with Gasteiger partial charge in [-0.05, 0) is 56.7 Å². The predicted octanol–water partition coefficient (Wildman–Crippen LogP) is 3.82. The minimum atomic E-state index is -0.241. The zero-order valence-electron chi connectivity index (χ0n) is 9.81. The lowest BCUT2D eigenvalue weighted by molar-refractivity contribution is 0.0954. The van der Waals surface area contributed by atoms with Gasteiger partial charge in [0, 0.05) is 13.6 Å². The van der Waals surface area contributed by atoms with Crippen LogP contribution in [0.25, 0.3) is 0 Å². The Hall–Kier alpha value is -1.21. The molecule has 0 atom stereocenters. The average molecular weight is 429 g/mol. The maximum atomic E-state index is 11.9. The van der Waals surface area contributed by atoms with E-state index >= 15 is 0 Å². The molecule has 0 bridgehead atoms. The zero-order valence-corrected chi connectivity index (χ0v) is 13.6. The maximum Gasteiger partial charge on any atom is 0.272 e. The summed E-state index contributed by atoms with van der Waals surface area (Å²) in [5.41, 5.74) is 4.04. The van der Waals surface area contributed by atoms with Gasteiger partial charge in [-0.1, -0.05) is 30.3 Å². The molecule has 0 aromatic heterocycles. The minimum absolute atomic E-state index is 0.241. The van der Waals surface area contributed by atoms with E-state index in [1.54, 1.807) is 12.3 Å². The van der Waals surface area contributed by atoms with Gasteiger partial charge in [-0.25, -0.2) is 5.43 Å². The van der Waals surface area contributed by atoms with E-state index in [9.17, 15) is 4.79 Å². The molecular formula is C14H10BrIN2O. The number of benzene rings is 2. The van der Waals surface area contributed by atoms with Crippen LogP contribution in [0.1, 0.15) is 15.9 Å². The van der Waals surface area contributed by atoms with Crippen molar-refractivity contribution in [3.8, 4) is 0 Å². The molecule has 0 fully saturated rings. The van der Waals surface area contributed by atoms with Crippen molar-refractivity contribution in [2.75, 3.05) is 0 Å². The molecule has 2 aromatic rings. The smallest absolute Gasteiger partial charge is 0.267 e. The molecule has 3 nitrogen and oxygen atoms in total. The summed E-state index contributed by atoms with van der Waals surface area (Å²) in [4.78, 5) is 11.9. The Labute approximate surface area is 133 Å². The lowest BCUT2D eigenvalue weighted by atomic mass is 10.2. The zero-order chi connectivity index (χ0) is 13.7. The molecule has 0 radical (unpaired) electrons. The number of nitrogens with one attached hydrogen (secondary N) is 1. The third-order valence-electron chi connectivity index (χ3n) is 2.39. The fraction of sp³-hybridized carbons (Fsp3) is 0. The number of nitrogens with zero attached hydrogens (tertiary/aromatic N) is 1. The number of hydrogen-bond acceptors (Lipinski definition) is 2. The van der Waals surface area contributed by atoms with E-state index in [1.807, 2.05) is 42.5 Å². The molecule has 0 saturated heterocycles. The number of carbonyl (C=O) groups excluding carboxylic acids is 1. The maximum absolute atomic E-state index is 11.9. The third kappa shape index (κ3) is 3.87. The first-order valence-corrected chi connectivity index (χ1v) is 7.38. The summed E-state index contributed by atoms with van der Waals surface area (Å²) < 4.78 is 1.83. The lowest BCUT2D eigenvalue weighted by Gasteiger charge is -2.02. The van der Waals surface area contributed by atoms with Crippen molar-refractivity contribution in [1.82, 2.24) is 5.43 Å². The average Bonchev–Trinajstić information content (AvgIpc) is 2.41. The number of halogens is 2. The number of rotatable bonds is 3. The van der Waals surface area contributed by atoms with Gasteiger partial charge < -0.3 is 0 Å². The Bertz CT molecular complexity index is 628. The van der Waals surface area contributed by atoms with Gasteiger partial charge in [0.1, 0.15) is 0 Å². The van der Waals surface area contributed by atoms with E-state index in [4.69, 9.17) is 0 Å². The van der Waals surface area contributed by atoms with Crippen molar-refractivity contribution in [3.63, 3.8) is 0 Å². The summed E-state index contributed by atoms with van der Waals surface area (Å²) in [6.07, 6.45) is 1.64. The van der Waals surface area contributed by atoms with E-state index in [0.29, 0.717) is 5.56 Å². The second-order valence-corrected chi connectivity index (χ2v) is 5.72. The summed E-state index contributed by atoms with van der Waals surface area (Å²) in [6, 6.07) is 15.0. The molecule has 5 heteroatoms. The molecule has 0 aliphatic heterocycles. The molecular weight excluding hydrogens is 419 g/mol. The van der Waals surface area contributed by atoms with Gasteiger partial charge in [0.2, 0.25) is 0 Å². The molecule has 2 rings (SSSR count). The largest absolute Gasteiger partial charge is 0.272 e. The van der Waals surface area contributed by atoms with E-state index < -0.39 is 0 Å². The van der Waals surface area contributed by atoms with Crippen molar-refractivity contribution >= 4 is 50.6 Å². The lowest BCUT2D eigenvalue weighted by Crippen LogP contribution is -2.18. The van der Waals surface area contributed by atoms with Crippen molar-refractivity contribution < 1.29 is 4.79 Å². The van der Waals surface area contributed by atoms with Crippen LogP contribution in [-0.4, -0.2) is 12.1 Å². The highest BCUT2D eigenvalue weighted by molar-refractivity contribution is 14.1. The standard InChI is InChI=1S/C14H10BrIN2O/c15-12-7-3-2-6-11(12)14(19)18-17-9-10-5-1-4-8-13(10)16/h1-9H,(H,18,19)/b17-9-. The SMILES string of the molecule is O=C(N/N=C\c1ccccc1I)c1ccccc1Br. The van der Waals surface area contributed by atoms with Gasteiger partial charge in [0.25, 0.3) is 5.91 Å². The Morgan fingerprint density at radius 2 is 1.84 bits per heavy atom. The Morgan fingerprint density at radius 1 is 1.16 bits per heavy atom. The van der Waals surface area contributed by atoms with Gasteiger partial charge >= 0.3 is 0 Å². The van der Waals surface area contributed by atoms with Crippen LogP contribution in [0.15, 0.2) is 58.1 Å². The van der Waals surface area contributed by atoms with Gasteiger partial charge in [-0.15, -0.1) is 0 Å². The third-order valence-corrected chi connectivity index (χ3v) is 4.07. The number of hydrogen-bond donors (Lipinski definition) is 1. The van der Waals surface area contributed by atoms with Gasteiger partial charge in [0.15, 0.2) is 0 Å². The van der Waals surface area contributed by atoms with Crippen LogP contribution in [0.4, 0.5) is 0 Å². The summed E-state index contributed by atoms with van der Waals surface area (Å²) in [7, 11) is 0. The van der Waals surface area contributed by atoms with Gasteiger partial charge in [0.05, 0.1) is 11.8 Å². The van der Waals surface area contributed by atoms with Crippen molar-refractivity contribution in [2.24, 2.45) is 5.10 Å². The van der Waals surface area contributed by atoms with E-state index in [2.05, 4.69) is 49.0 Å². The van der Waals surface area contributed by atoms with Crippen LogP contribution in [-0.2, 0) is 0 Å². The molecule has 2 aromatic carbocycles. The fourth-order valence-corrected chi connectivity index (χ4v) is 2.44. The van der Waals surface area contributed by atoms with Crippen LogP contribution < -0.4 is 5.43 Å². The van der Waals surface area contributed by atoms with E-state index in [0.717, 1.165) is 13.6 Å². The van der Waals surface area contributed by atoms with Crippen LogP contribution in [0.3, 0.4) is 0 Å². The molecule has 0 aliphatic carbocycles. The second-order valence-electron chi connectivity index (χ2n) is 3.70. The van der Waals surface area contributed by atoms with Crippen LogP contribution >= 0.6 is 38.5 Å². The molecule has 1 amide bonds. The first kappa shape index (κ1) is 14.2. The molecule has 19 heavy (non-hydrogen) atoms. The highest BCUT2D eigenvalue weighted by Crippen LogP contribution is 2.15. The van der Waals surface area contributed by atoms with E-state index in [-0.39, 0.29) is 5.91 Å². The predicted molar refractivity (Wildman–Crippen MR) is 88.4 cm³/mol. The van der Waals surface area contributed by atoms with Crippen molar-refractivity contribution in [1.29, 1.82) is 0 Å². The first-order valence-electron chi connectivity index (χ1n) is 5.51. The highest BCUT2D eigenvalue weighted by Gasteiger charge is 2.07. The summed E-state index contributed by atoms with van der Waals surface area (Å²) in [5, 5.41) is 3.97. The molecule has 0 spiro atoms. The summed E-state index contributed by atoms with van der Waals surface area (Å²) >= 11 is 5.55. The van der Waals surface area contributed by atoms with E-state index in [1.165, 1.54) is 0 Å². The number of hydrazone groups is 1. The fourth-order valence-electron chi connectivity index (χ4n) is 1.45. The molecule has 96 valence electrons. The Balaban J connectivity index is 2.06. The molecule has 0 saturated carbocycles. The van der Waals surface area contributed by atoms with Crippen molar-refractivity contribution in [2.45, 2.75) is 0 Å². The quantitative estimate of drug-likeness (QED) is 0.450. The normalized spacial score (nSPS) is 10.6. The monoisotopic (exact) mass is 428 g/mol. The highest BCUT2D eigenvalue weighted by atomic mass is 127. The van der Waals surface area contributed by atoms with Crippen LogP contribution in [0.5, 0.6) is 0 Å². The first-order chi connectivity index (χ1) is 9.18. The van der Waals surface area contributed by atoms with Gasteiger partial charge in [-0.2, -0.15) is 5.10 Å². The number of carbonyl (C=O) groups is 1. The van der Waals surface area contributed by atoms with Gasteiger partial charge in [-0.3, -0.25) is 4.79 Å². The Kier molecular flexibility index (Phi) is 5.09. The second kappa shape index (κ2) is 6.81. The van der Waals surface area contributed by atoms with Crippen LogP contribution in [0.2, 0.25) is 0 Å². The topological polar surface area (TPSA) is 41.5 Å². The minimum Gasteiger partial charge on any atom is -0.267 e. The molecule has 1 N–H and O–H groups in total. The number of amides is 1. The molecule has 0 aliphatic rings. The molecule has 0 heterocycles.